The standard InChI is InChI=1S/C19H14N2O2/c20-12-14-4-1-7-17(10-14)19(22)21-13-15-5-2-6-16(11-15)18-8-3-9-23-18/h1-11H,13H2,(H,21,22). The predicted molar refractivity (Wildman–Crippen MR) is 86.5 cm³/mol. The monoisotopic (exact) mass is 302 g/mol. The van der Waals surface area contributed by atoms with E-state index in [1.807, 2.05) is 42.5 Å². The van der Waals surface area contributed by atoms with E-state index in [0.717, 1.165) is 16.9 Å². The van der Waals surface area contributed by atoms with E-state index in [2.05, 4.69) is 5.32 Å². The summed E-state index contributed by atoms with van der Waals surface area (Å²) in [5.41, 5.74) is 2.89. The Balaban J connectivity index is 1.70. The molecular formula is C19H14N2O2. The SMILES string of the molecule is N#Cc1cccc(C(=O)NCc2cccc(-c3ccco3)c2)c1. The van der Waals surface area contributed by atoms with Gasteiger partial charge in [0, 0.05) is 17.7 Å². The fraction of sp³-hybridized carbons (Fsp3) is 0.0526. The molecule has 0 saturated heterocycles. The van der Waals surface area contributed by atoms with Gasteiger partial charge in [-0.05, 0) is 42.0 Å². The Labute approximate surface area is 134 Å². The lowest BCUT2D eigenvalue weighted by molar-refractivity contribution is 0.0951. The lowest BCUT2D eigenvalue weighted by atomic mass is 10.1. The number of hydrogen-bond donors (Lipinski definition) is 1. The van der Waals surface area contributed by atoms with Gasteiger partial charge in [-0.2, -0.15) is 5.26 Å². The Morgan fingerprint density at radius 2 is 1.96 bits per heavy atom. The lowest BCUT2D eigenvalue weighted by Gasteiger charge is -2.07. The zero-order valence-corrected chi connectivity index (χ0v) is 12.3. The van der Waals surface area contributed by atoms with Crippen molar-refractivity contribution < 1.29 is 9.21 Å². The normalized spacial score (nSPS) is 10.0. The highest BCUT2D eigenvalue weighted by molar-refractivity contribution is 5.94. The smallest absolute Gasteiger partial charge is 0.251 e. The Morgan fingerprint density at radius 1 is 1.09 bits per heavy atom. The van der Waals surface area contributed by atoms with Gasteiger partial charge in [0.05, 0.1) is 17.9 Å². The Hall–Kier alpha value is -3.32. The molecule has 0 fully saturated rings. The molecule has 3 rings (SSSR count). The van der Waals surface area contributed by atoms with Crippen LogP contribution in [0.15, 0.2) is 71.3 Å². The zero-order valence-electron chi connectivity index (χ0n) is 12.3. The van der Waals surface area contributed by atoms with Gasteiger partial charge in [0.25, 0.3) is 5.91 Å². The zero-order chi connectivity index (χ0) is 16.1. The van der Waals surface area contributed by atoms with Crippen LogP contribution in [0.3, 0.4) is 0 Å². The summed E-state index contributed by atoms with van der Waals surface area (Å²) >= 11 is 0. The van der Waals surface area contributed by atoms with Crippen LogP contribution < -0.4 is 5.32 Å². The van der Waals surface area contributed by atoms with E-state index in [-0.39, 0.29) is 5.91 Å². The molecule has 0 aliphatic rings. The number of amides is 1. The summed E-state index contributed by atoms with van der Waals surface area (Å²) in [4.78, 5) is 12.2. The van der Waals surface area contributed by atoms with E-state index in [1.54, 1.807) is 30.5 Å². The van der Waals surface area contributed by atoms with Crippen molar-refractivity contribution in [2.75, 3.05) is 0 Å². The molecule has 2 aromatic carbocycles. The van der Waals surface area contributed by atoms with Crippen molar-refractivity contribution in [3.05, 3.63) is 83.6 Å². The van der Waals surface area contributed by atoms with Crippen LogP contribution in [0.1, 0.15) is 21.5 Å². The highest BCUT2D eigenvalue weighted by Crippen LogP contribution is 2.20. The number of hydrogen-bond acceptors (Lipinski definition) is 3. The summed E-state index contributed by atoms with van der Waals surface area (Å²) in [5, 5.41) is 11.7. The maximum atomic E-state index is 12.2. The molecular weight excluding hydrogens is 288 g/mol. The van der Waals surface area contributed by atoms with E-state index in [9.17, 15) is 4.79 Å². The molecule has 4 nitrogen and oxygen atoms in total. The number of nitrogens with one attached hydrogen (secondary N) is 1. The second kappa shape index (κ2) is 6.63. The van der Waals surface area contributed by atoms with E-state index in [0.29, 0.717) is 17.7 Å². The van der Waals surface area contributed by atoms with E-state index in [1.165, 1.54) is 0 Å². The van der Waals surface area contributed by atoms with Crippen molar-refractivity contribution in [2.24, 2.45) is 0 Å². The summed E-state index contributed by atoms with van der Waals surface area (Å²) in [7, 11) is 0. The number of rotatable bonds is 4. The van der Waals surface area contributed by atoms with Crippen LogP contribution in [-0.2, 0) is 6.54 Å². The largest absolute Gasteiger partial charge is 0.464 e. The van der Waals surface area contributed by atoms with Crippen LogP contribution in [0.2, 0.25) is 0 Å². The number of carbonyl (C=O) groups is 1. The number of furan rings is 1. The van der Waals surface area contributed by atoms with Gasteiger partial charge < -0.3 is 9.73 Å². The molecule has 0 aliphatic carbocycles. The van der Waals surface area contributed by atoms with Gasteiger partial charge in [-0.1, -0.05) is 24.3 Å². The first-order valence-electron chi connectivity index (χ1n) is 7.17. The number of benzene rings is 2. The summed E-state index contributed by atoms with van der Waals surface area (Å²) in [5.74, 6) is 0.588. The third-order valence-corrected chi connectivity index (χ3v) is 3.44. The first-order valence-corrected chi connectivity index (χ1v) is 7.17. The molecule has 3 aromatic rings. The van der Waals surface area contributed by atoms with E-state index >= 15 is 0 Å². The van der Waals surface area contributed by atoms with Crippen molar-refractivity contribution >= 4 is 5.91 Å². The van der Waals surface area contributed by atoms with E-state index < -0.39 is 0 Å². The maximum absolute atomic E-state index is 12.2. The van der Waals surface area contributed by atoms with Crippen molar-refractivity contribution in [3.8, 4) is 17.4 Å². The summed E-state index contributed by atoms with van der Waals surface area (Å²) in [6.45, 7) is 0.407. The van der Waals surface area contributed by atoms with Crippen LogP contribution in [0.25, 0.3) is 11.3 Å². The molecule has 0 radical (unpaired) electrons. The third kappa shape index (κ3) is 3.47. The number of nitriles is 1. The molecule has 4 heteroatoms. The molecule has 0 bridgehead atoms. The Kier molecular flexibility index (Phi) is 4.21. The van der Waals surface area contributed by atoms with Crippen molar-refractivity contribution in [2.45, 2.75) is 6.54 Å². The second-order valence-electron chi connectivity index (χ2n) is 5.05. The number of carbonyl (C=O) groups excluding carboxylic acids is 1. The van der Waals surface area contributed by atoms with Gasteiger partial charge in [0.2, 0.25) is 0 Å². The van der Waals surface area contributed by atoms with Crippen LogP contribution >= 0.6 is 0 Å². The van der Waals surface area contributed by atoms with Crippen molar-refractivity contribution in [1.29, 1.82) is 5.26 Å². The molecule has 0 atom stereocenters. The van der Waals surface area contributed by atoms with Crippen molar-refractivity contribution in [3.63, 3.8) is 0 Å². The molecule has 1 heterocycles. The van der Waals surface area contributed by atoms with Crippen LogP contribution in [0, 0.1) is 11.3 Å². The highest BCUT2D eigenvalue weighted by Gasteiger charge is 2.07. The van der Waals surface area contributed by atoms with Crippen LogP contribution in [-0.4, -0.2) is 5.91 Å². The quantitative estimate of drug-likeness (QED) is 0.798. The molecule has 1 aromatic heterocycles. The predicted octanol–water partition coefficient (Wildman–Crippen LogP) is 3.75. The molecule has 1 N–H and O–H groups in total. The topological polar surface area (TPSA) is 66.0 Å². The molecule has 0 saturated carbocycles. The second-order valence-corrected chi connectivity index (χ2v) is 5.05. The molecule has 0 spiro atoms. The van der Waals surface area contributed by atoms with Gasteiger partial charge >= 0.3 is 0 Å². The summed E-state index contributed by atoms with van der Waals surface area (Å²) < 4.78 is 5.38. The van der Waals surface area contributed by atoms with E-state index in [4.69, 9.17) is 9.68 Å². The summed E-state index contributed by atoms with van der Waals surface area (Å²) in [6.07, 6.45) is 1.63. The average Bonchev–Trinajstić information content (AvgIpc) is 3.14. The summed E-state index contributed by atoms with van der Waals surface area (Å²) in [6, 6.07) is 20.2. The molecule has 23 heavy (non-hydrogen) atoms. The van der Waals surface area contributed by atoms with Gasteiger partial charge in [-0.3, -0.25) is 4.79 Å². The highest BCUT2D eigenvalue weighted by atomic mass is 16.3. The number of nitrogens with zero attached hydrogens (tertiary/aromatic N) is 1. The van der Waals surface area contributed by atoms with Gasteiger partial charge in [-0.25, -0.2) is 0 Å². The Morgan fingerprint density at radius 3 is 2.74 bits per heavy atom. The molecule has 112 valence electrons. The van der Waals surface area contributed by atoms with Crippen LogP contribution in [0.4, 0.5) is 0 Å². The van der Waals surface area contributed by atoms with Gasteiger partial charge in [-0.15, -0.1) is 0 Å². The minimum atomic E-state index is -0.203. The fourth-order valence-corrected chi connectivity index (χ4v) is 2.29. The lowest BCUT2D eigenvalue weighted by Crippen LogP contribution is -2.22. The third-order valence-electron chi connectivity index (χ3n) is 3.44. The molecule has 0 unspecified atom stereocenters. The maximum Gasteiger partial charge on any atom is 0.251 e. The Bertz CT molecular complexity index is 861. The van der Waals surface area contributed by atoms with Gasteiger partial charge in [0.1, 0.15) is 5.76 Å². The average molecular weight is 302 g/mol. The first kappa shape index (κ1) is 14.6. The molecule has 1 amide bonds. The van der Waals surface area contributed by atoms with Crippen molar-refractivity contribution in [1.82, 2.24) is 5.32 Å². The molecule has 0 aliphatic heterocycles. The minimum Gasteiger partial charge on any atom is -0.464 e. The van der Waals surface area contributed by atoms with Crippen LogP contribution in [0.5, 0.6) is 0 Å². The first-order chi connectivity index (χ1) is 11.3. The van der Waals surface area contributed by atoms with Gasteiger partial charge in [0.15, 0.2) is 0 Å². The minimum absolute atomic E-state index is 0.203. The fourth-order valence-electron chi connectivity index (χ4n) is 2.29.